The molecule has 1 aromatic rings. The number of rotatable bonds is 4. The number of hydrogen-bond donors (Lipinski definition) is 1. The molecule has 0 heterocycles. The van der Waals surface area contributed by atoms with Gasteiger partial charge < -0.3 is 5.73 Å². The zero-order chi connectivity index (χ0) is 11.3. The molecule has 0 aliphatic rings. The summed E-state index contributed by atoms with van der Waals surface area (Å²) in [4.78, 5) is 0. The van der Waals surface area contributed by atoms with Crippen LogP contribution in [-0.2, 0) is 0 Å². The van der Waals surface area contributed by atoms with Crippen LogP contribution in [0.25, 0.3) is 0 Å². The maximum absolute atomic E-state index is 6.03. The SMILES string of the molecule is C#CCCCC(N)c1ccc(I)c(Cl)c1. The summed E-state index contributed by atoms with van der Waals surface area (Å²) in [6.07, 6.45) is 7.83. The monoisotopic (exact) mass is 333 g/mol. The van der Waals surface area contributed by atoms with E-state index < -0.39 is 0 Å². The summed E-state index contributed by atoms with van der Waals surface area (Å²) in [6.45, 7) is 0. The fraction of sp³-hybridized carbons (Fsp3) is 0.333. The average Bonchev–Trinajstić information content (AvgIpc) is 2.22. The molecule has 1 rings (SSSR count). The van der Waals surface area contributed by atoms with Crippen LogP contribution in [0.5, 0.6) is 0 Å². The Hall–Kier alpha value is -0.240. The molecule has 0 amide bonds. The Balaban J connectivity index is 2.62. The van der Waals surface area contributed by atoms with Crippen molar-refractivity contribution >= 4 is 34.2 Å². The predicted molar refractivity (Wildman–Crippen MR) is 73.8 cm³/mol. The fourth-order valence-electron chi connectivity index (χ4n) is 1.33. The second-order valence-electron chi connectivity index (χ2n) is 3.38. The van der Waals surface area contributed by atoms with E-state index in [-0.39, 0.29) is 6.04 Å². The van der Waals surface area contributed by atoms with Gasteiger partial charge in [0.1, 0.15) is 0 Å². The molecule has 80 valence electrons. The molecule has 0 saturated heterocycles. The molecule has 1 atom stereocenters. The van der Waals surface area contributed by atoms with E-state index in [1.54, 1.807) is 0 Å². The van der Waals surface area contributed by atoms with Gasteiger partial charge in [0, 0.05) is 16.0 Å². The Morgan fingerprint density at radius 2 is 2.27 bits per heavy atom. The minimum absolute atomic E-state index is 0.0350. The fourth-order valence-corrected chi connectivity index (χ4v) is 1.86. The molecule has 0 aliphatic heterocycles. The Morgan fingerprint density at radius 3 is 2.87 bits per heavy atom. The van der Waals surface area contributed by atoms with Crippen molar-refractivity contribution in [2.24, 2.45) is 5.73 Å². The lowest BCUT2D eigenvalue weighted by Gasteiger charge is -2.11. The zero-order valence-electron chi connectivity index (χ0n) is 8.34. The number of unbranched alkanes of at least 4 members (excludes halogenated alkanes) is 1. The van der Waals surface area contributed by atoms with Crippen LogP contribution in [0.4, 0.5) is 0 Å². The first-order valence-electron chi connectivity index (χ1n) is 4.79. The smallest absolute Gasteiger partial charge is 0.0542 e. The van der Waals surface area contributed by atoms with Crippen molar-refractivity contribution in [2.75, 3.05) is 0 Å². The lowest BCUT2D eigenvalue weighted by molar-refractivity contribution is 0.621. The van der Waals surface area contributed by atoms with Crippen molar-refractivity contribution in [1.82, 2.24) is 0 Å². The van der Waals surface area contributed by atoms with Gasteiger partial charge in [-0.25, -0.2) is 0 Å². The summed E-state index contributed by atoms with van der Waals surface area (Å²) in [6, 6.07) is 5.98. The van der Waals surface area contributed by atoms with E-state index in [0.29, 0.717) is 0 Å². The first-order valence-corrected chi connectivity index (χ1v) is 6.25. The van der Waals surface area contributed by atoms with Gasteiger partial charge in [0.15, 0.2) is 0 Å². The van der Waals surface area contributed by atoms with Gasteiger partial charge in [0.25, 0.3) is 0 Å². The zero-order valence-corrected chi connectivity index (χ0v) is 11.3. The maximum atomic E-state index is 6.03. The molecule has 0 aliphatic carbocycles. The molecule has 15 heavy (non-hydrogen) atoms. The van der Waals surface area contributed by atoms with Crippen LogP contribution in [0.3, 0.4) is 0 Å². The highest BCUT2D eigenvalue weighted by Gasteiger charge is 2.07. The number of nitrogens with two attached hydrogens (primary N) is 1. The van der Waals surface area contributed by atoms with Crippen LogP contribution in [0.2, 0.25) is 5.02 Å². The standard InChI is InChI=1S/C12H13ClIN/c1-2-3-4-5-12(15)9-6-7-11(14)10(13)8-9/h1,6-8,12H,3-5,15H2. The van der Waals surface area contributed by atoms with E-state index in [1.807, 2.05) is 18.2 Å². The van der Waals surface area contributed by atoms with Gasteiger partial charge in [-0.1, -0.05) is 17.7 Å². The third-order valence-electron chi connectivity index (χ3n) is 2.21. The van der Waals surface area contributed by atoms with E-state index in [4.69, 9.17) is 23.8 Å². The molecule has 0 fully saturated rings. The van der Waals surface area contributed by atoms with Crippen molar-refractivity contribution in [3.8, 4) is 12.3 Å². The lowest BCUT2D eigenvalue weighted by atomic mass is 10.0. The molecule has 2 N–H and O–H groups in total. The van der Waals surface area contributed by atoms with E-state index in [1.165, 1.54) is 0 Å². The average molecular weight is 334 g/mol. The third-order valence-corrected chi connectivity index (χ3v) is 3.78. The van der Waals surface area contributed by atoms with Gasteiger partial charge in [0.2, 0.25) is 0 Å². The molecule has 0 bridgehead atoms. The summed E-state index contributed by atoms with van der Waals surface area (Å²) in [5.41, 5.74) is 7.11. The van der Waals surface area contributed by atoms with Gasteiger partial charge in [0.05, 0.1) is 5.02 Å². The second kappa shape index (κ2) is 6.37. The van der Waals surface area contributed by atoms with E-state index in [0.717, 1.165) is 33.4 Å². The molecule has 3 heteroatoms. The summed E-state index contributed by atoms with van der Waals surface area (Å²) >= 11 is 8.22. The molecule has 1 unspecified atom stereocenters. The minimum atomic E-state index is 0.0350. The van der Waals surface area contributed by atoms with Crippen molar-refractivity contribution in [3.05, 3.63) is 32.4 Å². The minimum Gasteiger partial charge on any atom is -0.324 e. The van der Waals surface area contributed by atoms with Gasteiger partial charge >= 0.3 is 0 Å². The molecule has 1 nitrogen and oxygen atoms in total. The largest absolute Gasteiger partial charge is 0.324 e. The maximum Gasteiger partial charge on any atom is 0.0542 e. The Labute approximate surface area is 110 Å². The van der Waals surface area contributed by atoms with Crippen LogP contribution in [0, 0.1) is 15.9 Å². The molecular formula is C12H13ClIN. The van der Waals surface area contributed by atoms with Crippen molar-refractivity contribution in [1.29, 1.82) is 0 Å². The summed E-state index contributed by atoms with van der Waals surface area (Å²) in [7, 11) is 0. The molecule has 0 aromatic heterocycles. The normalized spacial score (nSPS) is 12.1. The van der Waals surface area contributed by atoms with E-state index >= 15 is 0 Å². The number of benzene rings is 1. The van der Waals surface area contributed by atoms with Gasteiger partial charge in [-0.3, -0.25) is 0 Å². The highest BCUT2D eigenvalue weighted by Crippen LogP contribution is 2.24. The summed E-state index contributed by atoms with van der Waals surface area (Å²) in [5, 5.41) is 0.764. The van der Waals surface area contributed by atoms with Crippen LogP contribution in [0.15, 0.2) is 18.2 Å². The third kappa shape index (κ3) is 4.02. The molecule has 0 spiro atoms. The Kier molecular flexibility index (Phi) is 5.44. The van der Waals surface area contributed by atoms with Crippen molar-refractivity contribution in [3.63, 3.8) is 0 Å². The van der Waals surface area contributed by atoms with E-state index in [9.17, 15) is 0 Å². The number of hydrogen-bond acceptors (Lipinski definition) is 1. The van der Waals surface area contributed by atoms with Crippen LogP contribution in [-0.4, -0.2) is 0 Å². The quantitative estimate of drug-likeness (QED) is 0.507. The second-order valence-corrected chi connectivity index (χ2v) is 4.95. The van der Waals surface area contributed by atoms with Gasteiger partial charge in [-0.05, 0) is 53.1 Å². The molecule has 0 radical (unpaired) electrons. The van der Waals surface area contributed by atoms with E-state index in [2.05, 4.69) is 28.5 Å². The van der Waals surface area contributed by atoms with Crippen molar-refractivity contribution < 1.29 is 0 Å². The van der Waals surface area contributed by atoms with Gasteiger partial charge in [-0.15, -0.1) is 12.3 Å². The number of terminal acetylenes is 1. The summed E-state index contributed by atoms with van der Waals surface area (Å²) < 4.78 is 1.05. The van der Waals surface area contributed by atoms with Crippen molar-refractivity contribution in [2.45, 2.75) is 25.3 Å². The predicted octanol–water partition coefficient (Wildman–Crippen LogP) is 3.75. The first kappa shape index (κ1) is 12.8. The topological polar surface area (TPSA) is 26.0 Å². The highest BCUT2D eigenvalue weighted by molar-refractivity contribution is 14.1. The number of halogens is 2. The Morgan fingerprint density at radius 1 is 1.53 bits per heavy atom. The lowest BCUT2D eigenvalue weighted by Crippen LogP contribution is -2.10. The molecule has 0 saturated carbocycles. The molecular weight excluding hydrogens is 320 g/mol. The summed E-state index contributed by atoms with van der Waals surface area (Å²) in [5.74, 6) is 2.61. The van der Waals surface area contributed by atoms with Gasteiger partial charge in [-0.2, -0.15) is 0 Å². The highest BCUT2D eigenvalue weighted by atomic mass is 127. The van der Waals surface area contributed by atoms with Crippen LogP contribution in [0.1, 0.15) is 30.9 Å². The van der Waals surface area contributed by atoms with Crippen LogP contribution < -0.4 is 5.73 Å². The molecule has 1 aromatic carbocycles. The first-order chi connectivity index (χ1) is 7.15. The van der Waals surface area contributed by atoms with Crippen LogP contribution >= 0.6 is 34.2 Å². The Bertz CT molecular complexity index is 370.